The van der Waals surface area contributed by atoms with Crippen LogP contribution in [0.1, 0.15) is 39.1 Å². The number of imide groups is 1. The highest BCUT2D eigenvalue weighted by atomic mass is 16.5. The first-order valence-corrected chi connectivity index (χ1v) is 13.2. The molecular weight excluding hydrogens is 504 g/mol. The number of pyridine rings is 1. The highest BCUT2D eigenvalue weighted by molar-refractivity contribution is 6.22. The molecule has 6 rings (SSSR count). The molecule has 1 fully saturated rings. The highest BCUT2D eigenvalue weighted by Gasteiger charge is 2.47. The number of amides is 2. The molecule has 0 N–H and O–H groups in total. The van der Waals surface area contributed by atoms with Gasteiger partial charge < -0.3 is 4.74 Å². The molecule has 198 valence electrons. The van der Waals surface area contributed by atoms with Gasteiger partial charge in [0.25, 0.3) is 0 Å². The number of benzene rings is 3. The number of allylic oxidation sites excluding steroid dienone is 2. The summed E-state index contributed by atoms with van der Waals surface area (Å²) < 4.78 is 5.43. The van der Waals surface area contributed by atoms with Crippen LogP contribution in [-0.4, -0.2) is 35.2 Å². The van der Waals surface area contributed by atoms with Crippen molar-refractivity contribution in [1.82, 2.24) is 4.98 Å². The van der Waals surface area contributed by atoms with E-state index in [1.807, 2.05) is 43.3 Å². The second-order valence-corrected chi connectivity index (χ2v) is 10.2. The molecule has 0 spiro atoms. The van der Waals surface area contributed by atoms with Gasteiger partial charge in [-0.3, -0.25) is 19.3 Å². The number of ether oxygens (including phenoxy) is 1. The average Bonchev–Trinajstić information content (AvgIpc) is 3.25. The van der Waals surface area contributed by atoms with Gasteiger partial charge in [-0.2, -0.15) is 0 Å². The third kappa shape index (κ3) is 4.60. The third-order valence-electron chi connectivity index (χ3n) is 7.57. The number of carbonyl (C=O) groups excluding carboxylic acids is 4. The largest absolute Gasteiger partial charge is 0.454 e. The number of esters is 1. The number of ketones is 1. The molecule has 4 aromatic rings. The maximum Gasteiger partial charge on any atom is 0.339 e. The molecule has 1 saturated heterocycles. The van der Waals surface area contributed by atoms with Gasteiger partial charge in [-0.15, -0.1) is 0 Å². The summed E-state index contributed by atoms with van der Waals surface area (Å²) in [6.07, 6.45) is 5.09. The van der Waals surface area contributed by atoms with E-state index in [0.29, 0.717) is 51.8 Å². The minimum atomic E-state index is -0.624. The van der Waals surface area contributed by atoms with Gasteiger partial charge in [-0.1, -0.05) is 72.3 Å². The standard InChI is InChI=1S/C33H26N2O5/c1-20-10-12-22(13-11-20)30(36)19-40-33(39)27-18-29(34-28-9-5-4-6-24(27)28)21-14-16-23(17-15-21)35-31(37)25-7-2-3-8-26(25)32(35)38/h2-6,9-18,25-26H,7-8,19H2,1H3. The predicted molar refractivity (Wildman–Crippen MR) is 151 cm³/mol. The first-order chi connectivity index (χ1) is 19.4. The molecule has 2 atom stereocenters. The summed E-state index contributed by atoms with van der Waals surface area (Å²) in [6, 6.07) is 23.0. The van der Waals surface area contributed by atoms with Crippen molar-refractivity contribution in [2.45, 2.75) is 19.8 Å². The normalized spacial score (nSPS) is 18.2. The zero-order valence-corrected chi connectivity index (χ0v) is 21.9. The van der Waals surface area contributed by atoms with Gasteiger partial charge in [-0.05, 0) is 44.0 Å². The SMILES string of the molecule is Cc1ccc(C(=O)COC(=O)c2cc(-c3ccc(N4C(=O)C5CC=CCC5C4=O)cc3)nc3ccccc23)cc1. The van der Waals surface area contributed by atoms with Crippen molar-refractivity contribution in [1.29, 1.82) is 0 Å². The molecule has 2 unspecified atom stereocenters. The van der Waals surface area contributed by atoms with E-state index >= 15 is 0 Å². The summed E-state index contributed by atoms with van der Waals surface area (Å²) in [5.41, 5.74) is 4.15. The molecule has 0 saturated carbocycles. The van der Waals surface area contributed by atoms with E-state index in [2.05, 4.69) is 0 Å². The Morgan fingerprint density at radius 1 is 0.875 bits per heavy atom. The van der Waals surface area contributed by atoms with Crippen LogP contribution in [0.5, 0.6) is 0 Å². The number of hydrogen-bond acceptors (Lipinski definition) is 6. The third-order valence-corrected chi connectivity index (χ3v) is 7.57. The van der Waals surface area contributed by atoms with Crippen LogP contribution in [0.2, 0.25) is 0 Å². The van der Waals surface area contributed by atoms with E-state index in [1.165, 1.54) is 4.90 Å². The maximum atomic E-state index is 13.2. The van der Waals surface area contributed by atoms with Gasteiger partial charge in [0.05, 0.1) is 34.3 Å². The Morgan fingerprint density at radius 3 is 2.20 bits per heavy atom. The number of Topliss-reactive ketones (excluding diaryl/α,β-unsaturated/α-hetero) is 1. The Morgan fingerprint density at radius 2 is 1.52 bits per heavy atom. The topological polar surface area (TPSA) is 93.6 Å². The van der Waals surface area contributed by atoms with E-state index in [1.54, 1.807) is 54.6 Å². The number of nitrogens with zero attached hydrogens (tertiary/aromatic N) is 2. The first-order valence-electron chi connectivity index (χ1n) is 13.2. The van der Waals surface area contributed by atoms with Crippen molar-refractivity contribution >= 4 is 40.2 Å². The van der Waals surface area contributed by atoms with Crippen LogP contribution in [0, 0.1) is 18.8 Å². The van der Waals surface area contributed by atoms with Crippen molar-refractivity contribution in [3.8, 4) is 11.3 Å². The van der Waals surface area contributed by atoms with Crippen LogP contribution in [0.4, 0.5) is 5.69 Å². The van der Waals surface area contributed by atoms with Gasteiger partial charge in [0.15, 0.2) is 12.4 Å². The van der Waals surface area contributed by atoms with Crippen molar-refractivity contribution in [2.75, 3.05) is 11.5 Å². The quantitative estimate of drug-likeness (QED) is 0.137. The molecular formula is C33H26N2O5. The number of rotatable bonds is 6. The minimum Gasteiger partial charge on any atom is -0.454 e. The summed E-state index contributed by atoms with van der Waals surface area (Å²) in [7, 11) is 0. The lowest BCUT2D eigenvalue weighted by atomic mass is 9.85. The summed E-state index contributed by atoms with van der Waals surface area (Å²) >= 11 is 0. The zero-order chi connectivity index (χ0) is 27.8. The zero-order valence-electron chi connectivity index (χ0n) is 21.9. The summed E-state index contributed by atoms with van der Waals surface area (Å²) in [5, 5.41) is 0.611. The monoisotopic (exact) mass is 530 g/mol. The van der Waals surface area contributed by atoms with E-state index in [-0.39, 0.29) is 36.0 Å². The van der Waals surface area contributed by atoms with Crippen molar-refractivity contribution in [2.24, 2.45) is 11.8 Å². The summed E-state index contributed by atoms with van der Waals surface area (Å²) in [4.78, 5) is 57.7. The van der Waals surface area contributed by atoms with Crippen LogP contribution < -0.4 is 4.90 Å². The lowest BCUT2D eigenvalue weighted by Crippen LogP contribution is -2.30. The first kappa shape index (κ1) is 25.4. The van der Waals surface area contributed by atoms with Gasteiger partial charge in [0.1, 0.15) is 0 Å². The van der Waals surface area contributed by atoms with Gasteiger partial charge in [0, 0.05) is 16.5 Å². The Balaban J connectivity index is 1.26. The number of aryl methyl sites for hydroxylation is 1. The summed E-state index contributed by atoms with van der Waals surface area (Å²) in [6.45, 7) is 1.56. The number of anilines is 1. The maximum absolute atomic E-state index is 13.2. The Hall–Kier alpha value is -4.91. The molecule has 7 nitrogen and oxygen atoms in total. The Bertz CT molecular complexity index is 1660. The second kappa shape index (κ2) is 10.3. The van der Waals surface area contributed by atoms with Crippen LogP contribution in [0.25, 0.3) is 22.2 Å². The molecule has 1 aliphatic carbocycles. The average molecular weight is 531 g/mol. The molecule has 0 bridgehead atoms. The van der Waals surface area contributed by atoms with E-state index in [9.17, 15) is 19.2 Å². The fourth-order valence-electron chi connectivity index (χ4n) is 5.36. The number of aromatic nitrogens is 1. The van der Waals surface area contributed by atoms with Crippen LogP contribution in [-0.2, 0) is 14.3 Å². The van der Waals surface area contributed by atoms with Crippen molar-refractivity contribution < 1.29 is 23.9 Å². The van der Waals surface area contributed by atoms with E-state index in [0.717, 1.165) is 5.56 Å². The molecule has 2 heterocycles. The lowest BCUT2D eigenvalue weighted by molar-refractivity contribution is -0.122. The van der Waals surface area contributed by atoms with Gasteiger partial charge >= 0.3 is 5.97 Å². The smallest absolute Gasteiger partial charge is 0.339 e. The Labute approximate surface area is 231 Å². The molecule has 0 radical (unpaired) electrons. The number of fused-ring (bicyclic) bond motifs is 2. The summed E-state index contributed by atoms with van der Waals surface area (Å²) in [5.74, 6) is -1.84. The molecule has 40 heavy (non-hydrogen) atoms. The van der Waals surface area contributed by atoms with Crippen molar-refractivity contribution in [3.63, 3.8) is 0 Å². The molecule has 3 aromatic carbocycles. The molecule has 7 heteroatoms. The molecule has 2 aliphatic rings. The number of hydrogen-bond donors (Lipinski definition) is 0. The van der Waals surface area contributed by atoms with Crippen molar-refractivity contribution in [3.05, 3.63) is 108 Å². The van der Waals surface area contributed by atoms with Gasteiger partial charge in [-0.25, -0.2) is 9.78 Å². The number of para-hydroxylation sites is 1. The fraction of sp³-hybridized carbons (Fsp3) is 0.182. The predicted octanol–water partition coefficient (Wildman–Crippen LogP) is 5.71. The van der Waals surface area contributed by atoms with E-state index in [4.69, 9.17) is 9.72 Å². The fourth-order valence-corrected chi connectivity index (χ4v) is 5.36. The van der Waals surface area contributed by atoms with Crippen LogP contribution in [0.3, 0.4) is 0 Å². The highest BCUT2D eigenvalue weighted by Crippen LogP contribution is 2.38. The van der Waals surface area contributed by atoms with Crippen LogP contribution in [0.15, 0.2) is 91.0 Å². The molecule has 2 amide bonds. The number of carbonyl (C=O) groups is 4. The molecule has 1 aliphatic heterocycles. The Kier molecular flexibility index (Phi) is 6.56. The van der Waals surface area contributed by atoms with Crippen LogP contribution >= 0.6 is 0 Å². The second-order valence-electron chi connectivity index (χ2n) is 10.2. The molecule has 1 aromatic heterocycles. The van der Waals surface area contributed by atoms with Gasteiger partial charge in [0.2, 0.25) is 11.8 Å². The lowest BCUT2D eigenvalue weighted by Gasteiger charge is -2.15. The van der Waals surface area contributed by atoms with E-state index < -0.39 is 5.97 Å². The minimum absolute atomic E-state index is 0.166.